The van der Waals surface area contributed by atoms with Crippen LogP contribution in [-0.4, -0.2) is 6.54 Å². The Morgan fingerprint density at radius 2 is 1.64 bits per heavy atom. The van der Waals surface area contributed by atoms with Crippen LogP contribution in [0.1, 0.15) is 17.5 Å². The standard InChI is InChI=1S/C22H22ClNO/c23-22-14-5-4-10-19(22)11-7-15-24-20-12-6-13-21(16-20)25-17-18-8-2-1-3-9-18/h1-6,8-10,12-14,16,24H,7,11,15,17H2. The number of hydrogen-bond acceptors (Lipinski definition) is 2. The molecule has 2 nitrogen and oxygen atoms in total. The molecule has 3 rings (SSSR count). The number of rotatable bonds is 8. The monoisotopic (exact) mass is 351 g/mol. The van der Waals surface area contributed by atoms with Crippen LogP contribution < -0.4 is 10.1 Å². The molecule has 128 valence electrons. The van der Waals surface area contributed by atoms with Crippen molar-refractivity contribution in [1.29, 1.82) is 0 Å². The van der Waals surface area contributed by atoms with Crippen molar-refractivity contribution in [3.8, 4) is 5.75 Å². The van der Waals surface area contributed by atoms with Gasteiger partial charge in [-0.1, -0.05) is 66.2 Å². The Kier molecular flexibility index (Phi) is 6.35. The molecule has 0 unspecified atom stereocenters. The fraction of sp³-hybridized carbons (Fsp3) is 0.182. The average Bonchev–Trinajstić information content (AvgIpc) is 2.66. The smallest absolute Gasteiger partial charge is 0.121 e. The van der Waals surface area contributed by atoms with Crippen molar-refractivity contribution in [1.82, 2.24) is 0 Å². The van der Waals surface area contributed by atoms with E-state index in [1.807, 2.05) is 54.6 Å². The van der Waals surface area contributed by atoms with E-state index in [0.29, 0.717) is 6.61 Å². The van der Waals surface area contributed by atoms with Gasteiger partial charge in [0.1, 0.15) is 12.4 Å². The third-order valence-corrected chi connectivity index (χ3v) is 4.36. The molecule has 1 N–H and O–H groups in total. The van der Waals surface area contributed by atoms with Gasteiger partial charge in [0.25, 0.3) is 0 Å². The van der Waals surface area contributed by atoms with Gasteiger partial charge in [0.15, 0.2) is 0 Å². The number of anilines is 1. The van der Waals surface area contributed by atoms with Gasteiger partial charge in [0.2, 0.25) is 0 Å². The Balaban J connectivity index is 1.46. The minimum atomic E-state index is 0.580. The number of ether oxygens (including phenoxy) is 1. The predicted octanol–water partition coefficient (Wildman–Crippen LogP) is 5.96. The molecular weight excluding hydrogens is 330 g/mol. The Morgan fingerprint density at radius 3 is 2.48 bits per heavy atom. The average molecular weight is 352 g/mol. The summed E-state index contributed by atoms with van der Waals surface area (Å²) in [7, 11) is 0. The Bertz CT molecular complexity index is 789. The summed E-state index contributed by atoms with van der Waals surface area (Å²) >= 11 is 6.19. The fourth-order valence-corrected chi connectivity index (χ4v) is 2.88. The molecule has 3 aromatic rings. The SMILES string of the molecule is Clc1ccccc1CCCNc1cccc(OCc2ccccc2)c1. The van der Waals surface area contributed by atoms with E-state index in [9.17, 15) is 0 Å². The lowest BCUT2D eigenvalue weighted by Crippen LogP contribution is -2.03. The Hall–Kier alpha value is -2.45. The van der Waals surface area contributed by atoms with Gasteiger partial charge in [-0.25, -0.2) is 0 Å². The minimum Gasteiger partial charge on any atom is -0.489 e. The van der Waals surface area contributed by atoms with Gasteiger partial charge >= 0.3 is 0 Å². The summed E-state index contributed by atoms with van der Waals surface area (Å²) in [6.45, 7) is 1.48. The molecule has 0 aromatic heterocycles. The second kappa shape index (κ2) is 9.14. The van der Waals surface area contributed by atoms with Crippen molar-refractivity contribution >= 4 is 17.3 Å². The van der Waals surface area contributed by atoms with E-state index in [1.165, 1.54) is 11.1 Å². The van der Waals surface area contributed by atoms with Gasteiger partial charge in [0.05, 0.1) is 0 Å². The van der Waals surface area contributed by atoms with Crippen LogP contribution in [0.5, 0.6) is 5.75 Å². The molecule has 0 aliphatic heterocycles. The maximum absolute atomic E-state index is 6.19. The van der Waals surface area contributed by atoms with E-state index in [2.05, 4.69) is 29.6 Å². The van der Waals surface area contributed by atoms with Crippen LogP contribution in [0.15, 0.2) is 78.9 Å². The van der Waals surface area contributed by atoms with Gasteiger partial charge in [-0.05, 0) is 42.2 Å². The molecule has 0 saturated carbocycles. The minimum absolute atomic E-state index is 0.580. The van der Waals surface area contributed by atoms with E-state index in [1.54, 1.807) is 0 Å². The lowest BCUT2D eigenvalue weighted by Gasteiger charge is -2.10. The van der Waals surface area contributed by atoms with Gasteiger partial charge in [0, 0.05) is 23.3 Å². The fourth-order valence-electron chi connectivity index (χ4n) is 2.65. The molecule has 0 saturated heterocycles. The van der Waals surface area contributed by atoms with Crippen molar-refractivity contribution in [3.05, 3.63) is 95.0 Å². The summed E-state index contributed by atoms with van der Waals surface area (Å²) in [5, 5.41) is 4.30. The van der Waals surface area contributed by atoms with Gasteiger partial charge in [-0.15, -0.1) is 0 Å². The number of aryl methyl sites for hydroxylation is 1. The zero-order chi connectivity index (χ0) is 17.3. The molecular formula is C22H22ClNO. The quantitative estimate of drug-likeness (QED) is 0.505. The maximum Gasteiger partial charge on any atom is 0.121 e. The second-order valence-electron chi connectivity index (χ2n) is 5.92. The van der Waals surface area contributed by atoms with Crippen molar-refractivity contribution in [3.63, 3.8) is 0 Å². The molecule has 0 aliphatic carbocycles. The highest BCUT2D eigenvalue weighted by molar-refractivity contribution is 6.31. The largest absolute Gasteiger partial charge is 0.489 e. The highest BCUT2D eigenvalue weighted by Gasteiger charge is 2.00. The summed E-state index contributed by atoms with van der Waals surface area (Å²) in [4.78, 5) is 0. The van der Waals surface area contributed by atoms with E-state index in [4.69, 9.17) is 16.3 Å². The van der Waals surface area contributed by atoms with Crippen LogP contribution in [0, 0.1) is 0 Å². The van der Waals surface area contributed by atoms with Crippen molar-refractivity contribution < 1.29 is 4.74 Å². The van der Waals surface area contributed by atoms with Crippen molar-refractivity contribution in [2.45, 2.75) is 19.4 Å². The van der Waals surface area contributed by atoms with Crippen LogP contribution in [0.2, 0.25) is 5.02 Å². The molecule has 0 aliphatic rings. The first-order valence-corrected chi connectivity index (χ1v) is 8.93. The molecule has 3 heteroatoms. The van der Waals surface area contributed by atoms with E-state index in [-0.39, 0.29) is 0 Å². The second-order valence-corrected chi connectivity index (χ2v) is 6.33. The summed E-state index contributed by atoms with van der Waals surface area (Å²) in [6, 6.07) is 26.3. The molecule has 0 radical (unpaired) electrons. The Morgan fingerprint density at radius 1 is 0.840 bits per heavy atom. The predicted molar refractivity (Wildman–Crippen MR) is 105 cm³/mol. The first kappa shape index (κ1) is 17.4. The topological polar surface area (TPSA) is 21.3 Å². The van der Waals surface area contributed by atoms with Crippen LogP contribution in [0.4, 0.5) is 5.69 Å². The number of benzene rings is 3. The van der Waals surface area contributed by atoms with Crippen LogP contribution in [0.3, 0.4) is 0 Å². The lowest BCUT2D eigenvalue weighted by molar-refractivity contribution is 0.306. The van der Waals surface area contributed by atoms with E-state index < -0.39 is 0 Å². The first-order valence-electron chi connectivity index (χ1n) is 8.55. The van der Waals surface area contributed by atoms with Gasteiger partial charge in [-0.3, -0.25) is 0 Å². The van der Waals surface area contributed by atoms with Gasteiger partial charge in [-0.2, -0.15) is 0 Å². The van der Waals surface area contributed by atoms with E-state index >= 15 is 0 Å². The molecule has 0 heterocycles. The van der Waals surface area contributed by atoms with Crippen molar-refractivity contribution in [2.24, 2.45) is 0 Å². The highest BCUT2D eigenvalue weighted by atomic mass is 35.5. The lowest BCUT2D eigenvalue weighted by atomic mass is 10.1. The summed E-state index contributed by atoms with van der Waals surface area (Å²) in [5.74, 6) is 0.875. The third-order valence-electron chi connectivity index (χ3n) is 3.99. The molecule has 3 aromatic carbocycles. The van der Waals surface area contributed by atoms with Crippen LogP contribution >= 0.6 is 11.6 Å². The molecule has 0 bridgehead atoms. The summed E-state index contributed by atoms with van der Waals surface area (Å²) in [5.41, 5.74) is 3.44. The Labute approximate surface area is 154 Å². The molecule has 25 heavy (non-hydrogen) atoms. The third kappa shape index (κ3) is 5.54. The summed E-state index contributed by atoms with van der Waals surface area (Å²) < 4.78 is 5.87. The summed E-state index contributed by atoms with van der Waals surface area (Å²) in [6.07, 6.45) is 2.00. The molecule has 0 atom stereocenters. The molecule has 0 amide bonds. The highest BCUT2D eigenvalue weighted by Crippen LogP contribution is 2.20. The number of nitrogens with one attached hydrogen (secondary N) is 1. The first-order chi connectivity index (χ1) is 12.3. The normalized spacial score (nSPS) is 10.4. The zero-order valence-electron chi connectivity index (χ0n) is 14.1. The van der Waals surface area contributed by atoms with Gasteiger partial charge < -0.3 is 10.1 Å². The zero-order valence-corrected chi connectivity index (χ0v) is 14.9. The maximum atomic E-state index is 6.19. The number of halogens is 1. The molecule has 0 spiro atoms. The molecule has 0 fully saturated rings. The van der Waals surface area contributed by atoms with E-state index in [0.717, 1.165) is 35.8 Å². The van der Waals surface area contributed by atoms with Crippen LogP contribution in [-0.2, 0) is 13.0 Å². The van der Waals surface area contributed by atoms with Crippen molar-refractivity contribution in [2.75, 3.05) is 11.9 Å². The number of hydrogen-bond donors (Lipinski definition) is 1. The van der Waals surface area contributed by atoms with Crippen LogP contribution in [0.25, 0.3) is 0 Å².